The van der Waals surface area contributed by atoms with Crippen LogP contribution in [0.25, 0.3) is 10.6 Å². The molecule has 32 heavy (non-hydrogen) atoms. The molecule has 1 N–H and O–H groups in total. The molecule has 1 fully saturated rings. The first kappa shape index (κ1) is 22.4. The zero-order valence-corrected chi connectivity index (χ0v) is 19.4. The van der Waals surface area contributed by atoms with Gasteiger partial charge in [-0.2, -0.15) is 4.31 Å². The lowest BCUT2D eigenvalue weighted by Gasteiger charge is -2.31. The van der Waals surface area contributed by atoms with E-state index in [0.29, 0.717) is 42.6 Å². The summed E-state index contributed by atoms with van der Waals surface area (Å²) in [6, 6.07) is 13.7. The Bertz CT molecular complexity index is 1200. The number of hydrogen-bond acceptors (Lipinski definition) is 7. The third-order valence-electron chi connectivity index (χ3n) is 5.29. The van der Waals surface area contributed by atoms with Gasteiger partial charge in [0.25, 0.3) is 5.91 Å². The Morgan fingerprint density at radius 3 is 2.44 bits per heavy atom. The second-order valence-corrected chi connectivity index (χ2v) is 10.2. The van der Waals surface area contributed by atoms with E-state index < -0.39 is 10.0 Å². The first-order chi connectivity index (χ1) is 15.4. The van der Waals surface area contributed by atoms with Crippen LogP contribution >= 0.6 is 11.3 Å². The number of aromatic nitrogens is 1. The Morgan fingerprint density at radius 2 is 1.75 bits per heavy atom. The van der Waals surface area contributed by atoms with Crippen LogP contribution in [-0.4, -0.2) is 68.9 Å². The Labute approximate surface area is 191 Å². The van der Waals surface area contributed by atoms with Crippen LogP contribution in [-0.2, 0) is 10.0 Å². The van der Waals surface area contributed by atoms with E-state index in [0.717, 1.165) is 5.56 Å². The van der Waals surface area contributed by atoms with Gasteiger partial charge in [-0.3, -0.25) is 4.79 Å². The predicted octanol–water partition coefficient (Wildman–Crippen LogP) is 3.01. The number of carbonyl (C=O) groups excluding carboxylic acids is 1. The number of amides is 1. The number of piperazine rings is 1. The van der Waals surface area contributed by atoms with E-state index in [1.54, 1.807) is 24.6 Å². The number of thiazole rings is 1. The summed E-state index contributed by atoms with van der Waals surface area (Å²) in [5.74, 6) is 0.322. The third-order valence-corrected chi connectivity index (χ3v) is 8.07. The molecule has 1 amide bonds. The molecule has 2 aromatic carbocycles. The summed E-state index contributed by atoms with van der Waals surface area (Å²) in [7, 11) is 0.0208. The summed E-state index contributed by atoms with van der Waals surface area (Å²) >= 11 is 1.35. The number of hydrogen-bond donors (Lipinski definition) is 1. The lowest BCUT2D eigenvalue weighted by atomic mass is 10.2. The minimum absolute atomic E-state index is 0.215. The summed E-state index contributed by atoms with van der Waals surface area (Å²) in [6.45, 7) is 2.35. The number of ether oxygens (including phenoxy) is 1. The van der Waals surface area contributed by atoms with Crippen molar-refractivity contribution in [2.45, 2.75) is 4.90 Å². The minimum atomic E-state index is -3.55. The van der Waals surface area contributed by atoms with Crippen LogP contribution in [0.4, 0.5) is 5.69 Å². The van der Waals surface area contributed by atoms with E-state index in [9.17, 15) is 13.2 Å². The van der Waals surface area contributed by atoms with Crippen LogP contribution in [0.1, 0.15) is 10.5 Å². The van der Waals surface area contributed by atoms with Gasteiger partial charge in [0.15, 0.2) is 0 Å². The fraction of sp³-hybridized carbons (Fsp3) is 0.273. The van der Waals surface area contributed by atoms with Crippen molar-refractivity contribution in [3.8, 4) is 16.3 Å². The highest BCUT2D eigenvalue weighted by molar-refractivity contribution is 7.89. The van der Waals surface area contributed by atoms with Crippen LogP contribution in [0, 0.1) is 0 Å². The fourth-order valence-corrected chi connectivity index (χ4v) is 5.66. The number of benzene rings is 2. The SMILES string of the molecule is COc1ccccc1-c1nc(C(=O)Nc2ccc(S(=O)(=O)N3CCN(C)CC3)cc2)cs1. The van der Waals surface area contributed by atoms with Gasteiger partial charge in [0.05, 0.1) is 17.6 Å². The van der Waals surface area contributed by atoms with Crippen LogP contribution in [0.5, 0.6) is 5.75 Å². The largest absolute Gasteiger partial charge is 0.496 e. The molecule has 0 bridgehead atoms. The maximum atomic E-state index is 12.8. The Morgan fingerprint density at radius 1 is 1.06 bits per heavy atom. The molecule has 0 saturated carbocycles. The number of sulfonamides is 1. The molecule has 1 aliphatic rings. The van der Waals surface area contributed by atoms with Crippen molar-refractivity contribution in [1.29, 1.82) is 0 Å². The number of carbonyl (C=O) groups is 1. The van der Waals surface area contributed by atoms with Gasteiger partial charge in [-0.25, -0.2) is 13.4 Å². The number of nitrogens with zero attached hydrogens (tertiary/aromatic N) is 3. The lowest BCUT2D eigenvalue weighted by Crippen LogP contribution is -2.46. The van der Waals surface area contributed by atoms with Crippen LogP contribution in [0.15, 0.2) is 58.8 Å². The average Bonchev–Trinajstić information content (AvgIpc) is 3.30. The van der Waals surface area contributed by atoms with Gasteiger partial charge in [-0.05, 0) is 43.4 Å². The standard InChI is InChI=1S/C22H24N4O4S2/c1-25-11-13-26(14-12-25)32(28,29)17-9-7-16(8-10-17)23-21(27)19-15-31-22(24-19)18-5-3-4-6-20(18)30-2/h3-10,15H,11-14H2,1-2H3,(H,23,27). The Balaban J connectivity index is 1.45. The molecule has 1 saturated heterocycles. The van der Waals surface area contributed by atoms with Gasteiger partial charge in [0.1, 0.15) is 16.5 Å². The summed E-state index contributed by atoms with van der Waals surface area (Å²) in [5, 5.41) is 5.14. The molecule has 1 aliphatic heterocycles. The molecule has 0 atom stereocenters. The maximum Gasteiger partial charge on any atom is 0.275 e. The first-order valence-corrected chi connectivity index (χ1v) is 12.4. The first-order valence-electron chi connectivity index (χ1n) is 10.1. The number of nitrogens with one attached hydrogen (secondary N) is 1. The molecule has 0 radical (unpaired) electrons. The number of likely N-dealkylation sites (N-methyl/N-ethyl adjacent to an activating group) is 1. The van der Waals surface area contributed by atoms with Crippen molar-refractivity contribution in [2.75, 3.05) is 45.7 Å². The Kier molecular flexibility index (Phi) is 6.56. The van der Waals surface area contributed by atoms with Crippen molar-refractivity contribution in [3.63, 3.8) is 0 Å². The smallest absolute Gasteiger partial charge is 0.275 e. The van der Waals surface area contributed by atoms with E-state index in [1.807, 2.05) is 31.3 Å². The molecule has 0 unspecified atom stereocenters. The van der Waals surface area contributed by atoms with Gasteiger partial charge < -0.3 is 15.0 Å². The van der Waals surface area contributed by atoms with E-state index in [-0.39, 0.29) is 16.5 Å². The topological polar surface area (TPSA) is 91.8 Å². The van der Waals surface area contributed by atoms with E-state index in [2.05, 4.69) is 15.2 Å². The number of para-hydroxylation sites is 1. The minimum Gasteiger partial charge on any atom is -0.496 e. The van der Waals surface area contributed by atoms with Crippen molar-refractivity contribution >= 4 is 33.0 Å². The zero-order chi connectivity index (χ0) is 22.7. The van der Waals surface area contributed by atoms with Gasteiger partial charge in [0, 0.05) is 37.2 Å². The molecule has 2 heterocycles. The number of rotatable bonds is 6. The fourth-order valence-electron chi connectivity index (χ4n) is 3.41. The molecule has 0 aliphatic carbocycles. The van der Waals surface area contributed by atoms with Crippen LogP contribution in [0.3, 0.4) is 0 Å². The van der Waals surface area contributed by atoms with Gasteiger partial charge in [0.2, 0.25) is 10.0 Å². The molecule has 0 spiro atoms. The number of methoxy groups -OCH3 is 1. The zero-order valence-electron chi connectivity index (χ0n) is 17.8. The van der Waals surface area contributed by atoms with Gasteiger partial charge in [-0.1, -0.05) is 12.1 Å². The second kappa shape index (κ2) is 9.37. The molecule has 1 aromatic heterocycles. The lowest BCUT2D eigenvalue weighted by molar-refractivity contribution is 0.102. The molecule has 4 rings (SSSR count). The highest BCUT2D eigenvalue weighted by Gasteiger charge is 2.27. The summed E-state index contributed by atoms with van der Waals surface area (Å²) in [6.07, 6.45) is 0. The molecule has 8 nitrogen and oxygen atoms in total. The van der Waals surface area contributed by atoms with Crippen molar-refractivity contribution in [1.82, 2.24) is 14.2 Å². The van der Waals surface area contributed by atoms with Crippen molar-refractivity contribution in [2.24, 2.45) is 0 Å². The van der Waals surface area contributed by atoms with E-state index in [4.69, 9.17) is 4.74 Å². The monoisotopic (exact) mass is 472 g/mol. The quantitative estimate of drug-likeness (QED) is 0.593. The highest BCUT2D eigenvalue weighted by atomic mass is 32.2. The van der Waals surface area contributed by atoms with Gasteiger partial charge >= 0.3 is 0 Å². The van der Waals surface area contributed by atoms with Gasteiger partial charge in [-0.15, -0.1) is 11.3 Å². The van der Waals surface area contributed by atoms with Crippen molar-refractivity contribution in [3.05, 3.63) is 59.6 Å². The molecule has 10 heteroatoms. The average molecular weight is 473 g/mol. The highest BCUT2D eigenvalue weighted by Crippen LogP contribution is 2.32. The van der Waals surface area contributed by atoms with Crippen LogP contribution < -0.4 is 10.1 Å². The molecule has 168 valence electrons. The van der Waals surface area contributed by atoms with E-state index >= 15 is 0 Å². The summed E-state index contributed by atoms with van der Waals surface area (Å²) < 4.78 is 32.5. The third kappa shape index (κ3) is 4.68. The van der Waals surface area contributed by atoms with Crippen molar-refractivity contribution < 1.29 is 17.9 Å². The maximum absolute atomic E-state index is 12.8. The number of anilines is 1. The van der Waals surface area contributed by atoms with E-state index in [1.165, 1.54) is 27.8 Å². The molecular formula is C22H24N4O4S2. The molecular weight excluding hydrogens is 448 g/mol. The Hall–Kier alpha value is -2.79. The normalized spacial score (nSPS) is 15.4. The summed E-state index contributed by atoms with van der Waals surface area (Å²) in [4.78, 5) is 19.4. The predicted molar refractivity (Wildman–Crippen MR) is 125 cm³/mol. The summed E-state index contributed by atoms with van der Waals surface area (Å²) in [5.41, 5.74) is 1.60. The second-order valence-electron chi connectivity index (χ2n) is 7.42. The van der Waals surface area contributed by atoms with Crippen LogP contribution in [0.2, 0.25) is 0 Å². The molecule has 3 aromatic rings.